The molecule has 224 valence electrons. The van der Waals surface area contributed by atoms with Crippen LogP contribution in [0.4, 0.5) is 11.5 Å². The lowest BCUT2D eigenvalue weighted by molar-refractivity contribution is -0.443. The lowest BCUT2D eigenvalue weighted by Gasteiger charge is -2.33. The number of carbonyl (C=O) groups is 2. The molecule has 5 heterocycles. The van der Waals surface area contributed by atoms with Crippen molar-refractivity contribution < 1.29 is 14.2 Å². The first-order chi connectivity index (χ1) is 21.5. The molecule has 4 N–H and O–H groups in total. The zero-order valence-electron chi connectivity index (χ0n) is 24.6. The van der Waals surface area contributed by atoms with Crippen LogP contribution in [0, 0.1) is 0 Å². The van der Waals surface area contributed by atoms with Crippen molar-refractivity contribution in [3.8, 4) is 11.3 Å². The minimum Gasteiger partial charge on any atom is -0.349 e. The first-order valence-corrected chi connectivity index (χ1v) is 15.2. The maximum atomic E-state index is 13.1. The fourth-order valence-electron chi connectivity index (χ4n) is 6.21. The number of aromatic nitrogens is 4. The van der Waals surface area contributed by atoms with Gasteiger partial charge in [-0.2, -0.15) is 4.98 Å². The first-order valence-electron chi connectivity index (χ1n) is 15.2. The second kappa shape index (κ2) is 11.7. The molecule has 0 radical (unpaired) electrons. The number of likely N-dealkylation sites (tertiary alicyclic amines) is 1. The van der Waals surface area contributed by atoms with Gasteiger partial charge in [0, 0.05) is 43.3 Å². The summed E-state index contributed by atoms with van der Waals surface area (Å²) in [5, 5.41) is 10.6. The van der Waals surface area contributed by atoms with Gasteiger partial charge in [0.25, 0.3) is 5.91 Å². The Hall–Kier alpha value is -4.74. The van der Waals surface area contributed by atoms with Crippen molar-refractivity contribution in [2.75, 3.05) is 31.5 Å². The van der Waals surface area contributed by atoms with E-state index in [2.05, 4.69) is 64.2 Å². The molecular weight excluding hydrogens is 554 g/mol. The summed E-state index contributed by atoms with van der Waals surface area (Å²) in [6.07, 6.45) is 11.1. The predicted octanol–water partition coefficient (Wildman–Crippen LogP) is 3.39. The third-order valence-corrected chi connectivity index (χ3v) is 8.65. The van der Waals surface area contributed by atoms with Gasteiger partial charge < -0.3 is 20.9 Å². The number of piperidine rings is 1. The lowest BCUT2D eigenvalue weighted by atomic mass is 10.0. The fraction of sp³-hybridized carbons (Fsp3) is 0.333. The number of nitrogens with zero attached hydrogens (tertiary/aromatic N) is 5. The Kier molecular flexibility index (Phi) is 7.49. The van der Waals surface area contributed by atoms with Gasteiger partial charge >= 0.3 is 5.82 Å². The predicted molar refractivity (Wildman–Crippen MR) is 169 cm³/mol. The summed E-state index contributed by atoms with van der Waals surface area (Å²) in [7, 11) is 0. The number of nitrogens with one attached hydrogen (secondary N) is 4. The fourth-order valence-corrected chi connectivity index (χ4v) is 6.21. The average molecular weight is 591 g/mol. The molecule has 3 aromatic heterocycles. The summed E-state index contributed by atoms with van der Waals surface area (Å²) in [6.45, 7) is 7.72. The third kappa shape index (κ3) is 6.01. The number of rotatable bonds is 8. The van der Waals surface area contributed by atoms with Crippen LogP contribution >= 0.6 is 0 Å². The Morgan fingerprint density at radius 3 is 2.82 bits per heavy atom. The summed E-state index contributed by atoms with van der Waals surface area (Å²) in [5.41, 5.74) is 4.90. The van der Waals surface area contributed by atoms with Gasteiger partial charge in [0.15, 0.2) is 0 Å². The van der Waals surface area contributed by atoms with E-state index in [1.807, 2.05) is 36.4 Å². The minimum absolute atomic E-state index is 0.0988. The topological polar surface area (TPSA) is 131 Å². The van der Waals surface area contributed by atoms with Crippen LogP contribution in [0.5, 0.6) is 0 Å². The van der Waals surface area contributed by atoms with Crippen LogP contribution in [0.15, 0.2) is 67.6 Å². The maximum Gasteiger partial charge on any atom is 0.335 e. The van der Waals surface area contributed by atoms with Crippen molar-refractivity contribution in [2.45, 2.75) is 43.8 Å². The Morgan fingerprint density at radius 2 is 2.00 bits per heavy atom. The van der Waals surface area contributed by atoms with Crippen LogP contribution in [0.1, 0.15) is 41.7 Å². The largest absolute Gasteiger partial charge is 0.349 e. The zero-order valence-corrected chi connectivity index (χ0v) is 24.6. The molecule has 11 heteroatoms. The number of hydrogen-bond acceptors (Lipinski definition) is 7. The molecule has 1 unspecified atom stereocenters. The summed E-state index contributed by atoms with van der Waals surface area (Å²) < 4.78 is 2.25. The molecule has 7 rings (SSSR count). The highest BCUT2D eigenvalue weighted by molar-refractivity contribution is 6.03. The molecule has 1 saturated heterocycles. The molecule has 2 aliphatic heterocycles. The van der Waals surface area contributed by atoms with Crippen molar-refractivity contribution in [3.63, 3.8) is 0 Å². The van der Waals surface area contributed by atoms with Crippen molar-refractivity contribution >= 4 is 40.6 Å². The van der Waals surface area contributed by atoms with Gasteiger partial charge in [-0.25, -0.2) is 4.58 Å². The van der Waals surface area contributed by atoms with Gasteiger partial charge in [-0.15, -0.1) is 0 Å². The smallest absolute Gasteiger partial charge is 0.335 e. The Morgan fingerprint density at radius 1 is 1.14 bits per heavy atom. The monoisotopic (exact) mass is 590 g/mol. The number of amides is 2. The van der Waals surface area contributed by atoms with Gasteiger partial charge in [-0.05, 0) is 84.7 Å². The van der Waals surface area contributed by atoms with E-state index in [1.54, 1.807) is 12.5 Å². The van der Waals surface area contributed by atoms with Crippen LogP contribution in [-0.4, -0.2) is 85.2 Å². The molecule has 44 heavy (non-hydrogen) atoms. The number of benzene rings is 1. The summed E-state index contributed by atoms with van der Waals surface area (Å²) in [4.78, 5) is 44.0. The van der Waals surface area contributed by atoms with E-state index < -0.39 is 0 Å². The highest BCUT2D eigenvalue weighted by Crippen LogP contribution is 2.36. The molecule has 3 aliphatic rings. The van der Waals surface area contributed by atoms with Crippen LogP contribution in [-0.2, 0) is 11.3 Å². The molecule has 4 aromatic rings. The molecule has 1 aromatic carbocycles. The van der Waals surface area contributed by atoms with Crippen LogP contribution in [0.2, 0.25) is 0 Å². The van der Waals surface area contributed by atoms with Crippen molar-refractivity contribution in [1.29, 1.82) is 0 Å². The Labute approximate surface area is 255 Å². The SMILES string of the molecule is C=CC(=O)NC1CCCN(Cc2ccnc(C(=O)Nc3ccc(-c4cc5c([N+]6=CC7(CC7)NCC6)ncnc5[nH]4)cc3)c2)C1. The van der Waals surface area contributed by atoms with E-state index in [4.69, 9.17) is 0 Å². The quantitative estimate of drug-likeness (QED) is 0.183. The molecular formula is C33H36N9O2+. The van der Waals surface area contributed by atoms with Gasteiger partial charge in [0.05, 0.1) is 11.8 Å². The van der Waals surface area contributed by atoms with Gasteiger partial charge in [0.1, 0.15) is 23.3 Å². The Bertz CT molecular complexity index is 1760. The number of H-pyrrole nitrogens is 1. The molecule has 1 atom stereocenters. The zero-order chi connectivity index (χ0) is 30.1. The number of anilines is 1. The second-order valence-corrected chi connectivity index (χ2v) is 11.9. The van der Waals surface area contributed by atoms with E-state index in [-0.39, 0.29) is 23.4 Å². The van der Waals surface area contributed by atoms with E-state index >= 15 is 0 Å². The number of carbonyl (C=O) groups excluding carboxylic acids is 2. The summed E-state index contributed by atoms with van der Waals surface area (Å²) >= 11 is 0. The third-order valence-electron chi connectivity index (χ3n) is 8.65. The van der Waals surface area contributed by atoms with Gasteiger partial charge in [0.2, 0.25) is 12.2 Å². The van der Waals surface area contributed by atoms with E-state index in [0.717, 1.165) is 85.5 Å². The van der Waals surface area contributed by atoms with Crippen molar-refractivity contribution in [3.05, 3.63) is 78.9 Å². The van der Waals surface area contributed by atoms with Crippen LogP contribution in [0.3, 0.4) is 0 Å². The highest BCUT2D eigenvalue weighted by Gasteiger charge is 2.45. The highest BCUT2D eigenvalue weighted by atomic mass is 16.2. The summed E-state index contributed by atoms with van der Waals surface area (Å²) in [5.74, 6) is 0.511. The van der Waals surface area contributed by atoms with Crippen LogP contribution < -0.4 is 16.0 Å². The maximum absolute atomic E-state index is 13.1. The number of pyridine rings is 1. The minimum atomic E-state index is -0.263. The first kappa shape index (κ1) is 28.1. The molecule has 1 saturated carbocycles. The molecule has 0 bridgehead atoms. The molecule has 2 fully saturated rings. The second-order valence-electron chi connectivity index (χ2n) is 11.9. The average Bonchev–Trinajstić information content (AvgIpc) is 3.63. The molecule has 11 nitrogen and oxygen atoms in total. The normalized spacial score (nSPS) is 19.4. The van der Waals surface area contributed by atoms with Gasteiger partial charge in [-0.1, -0.05) is 18.7 Å². The van der Waals surface area contributed by atoms with Crippen molar-refractivity contribution in [2.24, 2.45) is 0 Å². The van der Waals surface area contributed by atoms with Gasteiger partial charge in [-0.3, -0.25) is 19.5 Å². The van der Waals surface area contributed by atoms with E-state index in [1.165, 1.54) is 6.08 Å². The Balaban J connectivity index is 1.01. The standard InChI is InChI=1S/C33H35N9O2/c1-2-29(43)38-25-4-3-14-41(19-25)18-22-9-12-34-28(16-22)32(44)39-24-7-5-23(6-8-24)27-17-26-30(40-27)35-21-36-31(26)42-15-13-37-33(20-42)10-11-33/h2,5-9,12,16-17,20-21,25,37H,1,3-4,10-11,13-15,18-19H2,(H2-,34,35,36,38,39,40,43,44)/p+1. The number of hydrogen-bond donors (Lipinski definition) is 4. The molecule has 2 amide bonds. The lowest BCUT2D eigenvalue weighted by Crippen LogP contribution is -2.46. The summed E-state index contributed by atoms with van der Waals surface area (Å²) in [6, 6.07) is 13.7. The van der Waals surface area contributed by atoms with E-state index in [9.17, 15) is 9.59 Å². The van der Waals surface area contributed by atoms with Crippen LogP contribution in [0.25, 0.3) is 22.3 Å². The number of fused-ring (bicyclic) bond motifs is 1. The number of aromatic amines is 1. The van der Waals surface area contributed by atoms with Crippen molar-refractivity contribution in [1.82, 2.24) is 35.5 Å². The molecule has 1 spiro atoms. The molecule has 1 aliphatic carbocycles. The van der Waals surface area contributed by atoms with E-state index in [0.29, 0.717) is 17.9 Å².